The van der Waals surface area contributed by atoms with Crippen molar-refractivity contribution >= 4 is 12.1 Å². The van der Waals surface area contributed by atoms with Gasteiger partial charge in [-0.1, -0.05) is 18.7 Å². The van der Waals surface area contributed by atoms with Crippen molar-refractivity contribution in [2.75, 3.05) is 0 Å². The van der Waals surface area contributed by atoms with Crippen LogP contribution in [0.15, 0.2) is 34.5 Å². The quantitative estimate of drug-likeness (QED) is 0.230. The average molecular weight is 177 g/mol. The molecule has 0 bridgehead atoms. The zero-order valence-electron chi connectivity index (χ0n) is 8.07. The summed E-state index contributed by atoms with van der Waals surface area (Å²) in [5.41, 5.74) is 6.32. The van der Waals surface area contributed by atoms with Gasteiger partial charge in [0.15, 0.2) is 5.84 Å². The van der Waals surface area contributed by atoms with Gasteiger partial charge in [-0.25, -0.2) is 0 Å². The van der Waals surface area contributed by atoms with Crippen molar-refractivity contribution < 1.29 is 0 Å². The Kier molecular flexibility index (Phi) is 10.8. The predicted octanol–water partition coefficient (Wildman–Crippen LogP) is 1.73. The lowest BCUT2D eigenvalue weighted by Gasteiger charge is -1.95. The number of rotatable bonds is 3. The number of allylic oxidation sites excluding steroid dienone is 1. The van der Waals surface area contributed by atoms with E-state index in [0.29, 0.717) is 5.84 Å². The zero-order valence-corrected chi connectivity index (χ0v) is 8.07. The molecule has 70 valence electrons. The fraction of sp³-hybridized carbons (Fsp3) is 0.200. The van der Waals surface area contributed by atoms with Crippen molar-refractivity contribution in [3.05, 3.63) is 24.3 Å². The van der Waals surface area contributed by atoms with Crippen LogP contribution in [0.3, 0.4) is 0 Å². The SMILES string of the molecule is C#C.C=CC(=C\C)/C(N)=N/N=C\C. The molecule has 0 fully saturated rings. The van der Waals surface area contributed by atoms with E-state index in [4.69, 9.17) is 5.73 Å². The van der Waals surface area contributed by atoms with Gasteiger partial charge in [-0.3, -0.25) is 0 Å². The first-order chi connectivity index (χ1) is 6.26. The second kappa shape index (κ2) is 10.2. The number of amidine groups is 1. The molecule has 0 aliphatic rings. The van der Waals surface area contributed by atoms with Crippen LogP contribution in [-0.2, 0) is 0 Å². The molecule has 0 aliphatic heterocycles. The van der Waals surface area contributed by atoms with E-state index in [2.05, 4.69) is 29.6 Å². The molecule has 0 rings (SSSR count). The molecule has 0 radical (unpaired) electrons. The molecule has 0 aromatic heterocycles. The molecule has 0 heterocycles. The highest BCUT2D eigenvalue weighted by molar-refractivity contribution is 5.99. The maximum absolute atomic E-state index is 5.52. The van der Waals surface area contributed by atoms with Crippen LogP contribution in [0.4, 0.5) is 0 Å². The largest absolute Gasteiger partial charge is 0.382 e. The van der Waals surface area contributed by atoms with Crippen molar-refractivity contribution in [1.29, 1.82) is 0 Å². The first-order valence-corrected chi connectivity index (χ1v) is 3.69. The molecule has 0 saturated heterocycles. The Balaban J connectivity index is 0. The Morgan fingerprint density at radius 1 is 1.38 bits per heavy atom. The lowest BCUT2D eigenvalue weighted by atomic mass is 10.2. The van der Waals surface area contributed by atoms with Crippen LogP contribution in [0, 0.1) is 12.8 Å². The maximum atomic E-state index is 5.52. The Morgan fingerprint density at radius 3 is 2.23 bits per heavy atom. The van der Waals surface area contributed by atoms with Crippen LogP contribution in [0.5, 0.6) is 0 Å². The van der Waals surface area contributed by atoms with E-state index < -0.39 is 0 Å². The highest BCUT2D eigenvalue weighted by atomic mass is 15.2. The summed E-state index contributed by atoms with van der Waals surface area (Å²) < 4.78 is 0. The number of hydrogen-bond acceptors (Lipinski definition) is 2. The van der Waals surface area contributed by atoms with Gasteiger partial charge >= 0.3 is 0 Å². The summed E-state index contributed by atoms with van der Waals surface area (Å²) in [6.45, 7) is 7.23. The predicted molar refractivity (Wildman–Crippen MR) is 59.6 cm³/mol. The van der Waals surface area contributed by atoms with Crippen LogP contribution in [-0.4, -0.2) is 12.1 Å². The first kappa shape index (κ1) is 13.7. The third-order valence-electron chi connectivity index (χ3n) is 1.11. The van der Waals surface area contributed by atoms with Crippen molar-refractivity contribution in [3.63, 3.8) is 0 Å². The van der Waals surface area contributed by atoms with Crippen LogP contribution in [0.2, 0.25) is 0 Å². The third kappa shape index (κ3) is 6.57. The van der Waals surface area contributed by atoms with Gasteiger partial charge in [0.25, 0.3) is 0 Å². The molecule has 3 heteroatoms. The van der Waals surface area contributed by atoms with E-state index in [1.807, 2.05) is 13.0 Å². The summed E-state index contributed by atoms with van der Waals surface area (Å²) in [4.78, 5) is 0. The van der Waals surface area contributed by atoms with Gasteiger partial charge in [0.2, 0.25) is 0 Å². The van der Waals surface area contributed by atoms with Crippen molar-refractivity contribution in [1.82, 2.24) is 0 Å². The minimum Gasteiger partial charge on any atom is -0.382 e. The smallest absolute Gasteiger partial charge is 0.152 e. The molecule has 0 saturated carbocycles. The zero-order chi connectivity index (χ0) is 10.7. The van der Waals surface area contributed by atoms with Crippen LogP contribution in [0.1, 0.15) is 13.8 Å². The van der Waals surface area contributed by atoms with Gasteiger partial charge in [0.1, 0.15) is 0 Å². The summed E-state index contributed by atoms with van der Waals surface area (Å²) in [6.07, 6.45) is 13.0. The van der Waals surface area contributed by atoms with Crippen LogP contribution >= 0.6 is 0 Å². The van der Waals surface area contributed by atoms with E-state index in [0.717, 1.165) is 5.57 Å². The highest BCUT2D eigenvalue weighted by Crippen LogP contribution is 1.94. The molecular weight excluding hydrogens is 162 g/mol. The fourth-order valence-corrected chi connectivity index (χ4v) is 0.548. The minimum atomic E-state index is 0.389. The molecule has 13 heavy (non-hydrogen) atoms. The van der Waals surface area contributed by atoms with Gasteiger partial charge < -0.3 is 5.73 Å². The summed E-state index contributed by atoms with van der Waals surface area (Å²) in [7, 11) is 0. The Bertz CT molecular complexity index is 244. The lowest BCUT2D eigenvalue weighted by Crippen LogP contribution is -2.12. The third-order valence-corrected chi connectivity index (χ3v) is 1.11. The molecule has 0 unspecified atom stereocenters. The van der Waals surface area contributed by atoms with E-state index in [1.54, 1.807) is 19.2 Å². The molecule has 0 amide bonds. The minimum absolute atomic E-state index is 0.389. The molecule has 3 nitrogen and oxygen atoms in total. The molecule has 0 aromatic carbocycles. The van der Waals surface area contributed by atoms with Gasteiger partial charge in [0, 0.05) is 11.8 Å². The average Bonchev–Trinajstić information content (AvgIpc) is 2.19. The molecular formula is C10H15N3. The van der Waals surface area contributed by atoms with Crippen molar-refractivity contribution in [2.24, 2.45) is 15.9 Å². The first-order valence-electron chi connectivity index (χ1n) is 3.69. The number of nitrogens with zero attached hydrogens (tertiary/aromatic N) is 2. The number of terminal acetylenes is 1. The van der Waals surface area contributed by atoms with Gasteiger partial charge in [-0.15, -0.1) is 17.9 Å². The summed E-state index contributed by atoms with van der Waals surface area (Å²) >= 11 is 0. The molecule has 2 N–H and O–H groups in total. The van der Waals surface area contributed by atoms with E-state index in [1.165, 1.54) is 0 Å². The number of nitrogens with two attached hydrogens (primary N) is 1. The second-order valence-electron chi connectivity index (χ2n) is 1.81. The normalized spacial score (nSPS) is 12.0. The fourth-order valence-electron chi connectivity index (χ4n) is 0.548. The summed E-state index contributed by atoms with van der Waals surface area (Å²) in [6, 6.07) is 0. The maximum Gasteiger partial charge on any atom is 0.152 e. The molecule has 0 aliphatic carbocycles. The Morgan fingerprint density at radius 2 is 1.92 bits per heavy atom. The second-order valence-corrected chi connectivity index (χ2v) is 1.81. The molecule has 0 aromatic rings. The standard InChI is InChI=1S/C8H13N3.C2H2/c1-4-7(5-2)8(9)11-10-6-3;1-2/h4-6H,1H2,2-3H3,(H2,9,11);1-2H/b7-5+,10-6-;. The Labute approximate surface area is 79.8 Å². The lowest BCUT2D eigenvalue weighted by molar-refractivity contribution is 1.23. The van der Waals surface area contributed by atoms with Crippen molar-refractivity contribution in [2.45, 2.75) is 13.8 Å². The van der Waals surface area contributed by atoms with Crippen LogP contribution < -0.4 is 5.73 Å². The van der Waals surface area contributed by atoms with E-state index in [-0.39, 0.29) is 0 Å². The number of hydrogen-bond donors (Lipinski definition) is 1. The molecule has 0 spiro atoms. The monoisotopic (exact) mass is 177 g/mol. The van der Waals surface area contributed by atoms with Crippen molar-refractivity contribution in [3.8, 4) is 12.8 Å². The topological polar surface area (TPSA) is 50.7 Å². The summed E-state index contributed by atoms with van der Waals surface area (Å²) in [5.74, 6) is 0.389. The van der Waals surface area contributed by atoms with Gasteiger partial charge in [-0.2, -0.15) is 5.10 Å². The summed E-state index contributed by atoms with van der Waals surface area (Å²) in [5, 5.41) is 7.35. The van der Waals surface area contributed by atoms with Gasteiger partial charge in [-0.05, 0) is 13.8 Å². The Hall–Kier alpha value is -1.82. The van der Waals surface area contributed by atoms with Gasteiger partial charge in [0.05, 0.1) is 0 Å². The van der Waals surface area contributed by atoms with E-state index in [9.17, 15) is 0 Å². The van der Waals surface area contributed by atoms with Crippen LogP contribution in [0.25, 0.3) is 0 Å². The van der Waals surface area contributed by atoms with E-state index >= 15 is 0 Å². The molecule has 0 atom stereocenters. The highest BCUT2D eigenvalue weighted by Gasteiger charge is 1.93.